The van der Waals surface area contributed by atoms with Gasteiger partial charge < -0.3 is 24.5 Å². The van der Waals surface area contributed by atoms with Crippen molar-refractivity contribution >= 4 is 40.2 Å². The molecule has 0 amide bonds. The van der Waals surface area contributed by atoms with E-state index in [0.29, 0.717) is 39.4 Å². The second-order valence-electron chi connectivity index (χ2n) is 7.75. The summed E-state index contributed by atoms with van der Waals surface area (Å²) < 4.78 is 52.0. The molecule has 0 aliphatic rings. The van der Waals surface area contributed by atoms with Crippen molar-refractivity contribution in [2.75, 3.05) is 17.7 Å². The lowest BCUT2D eigenvalue weighted by molar-refractivity contribution is -0.201. The predicted octanol–water partition coefficient (Wildman–Crippen LogP) is 4.63. The fraction of sp³-hybridized carbons (Fsp3) is 0.217. The van der Waals surface area contributed by atoms with Gasteiger partial charge in [0.05, 0.1) is 12.6 Å². The number of anilines is 4. The number of aromatic nitrogens is 3. The van der Waals surface area contributed by atoms with Gasteiger partial charge in [0, 0.05) is 34.8 Å². The Balaban J connectivity index is 1.54. The summed E-state index contributed by atoms with van der Waals surface area (Å²) in [6.07, 6.45) is -3.48. The molecule has 4 rings (SSSR count). The molecule has 0 bridgehead atoms. The molecule has 2 aromatic carbocycles. The number of methoxy groups -OCH3 is 1. The first-order chi connectivity index (χ1) is 17.0. The van der Waals surface area contributed by atoms with Crippen LogP contribution in [-0.4, -0.2) is 34.2 Å². The third-order valence-corrected chi connectivity index (χ3v) is 5.14. The number of hydrogen-bond acceptors (Lipinski definition) is 9. The van der Waals surface area contributed by atoms with Crippen molar-refractivity contribution < 1.29 is 31.9 Å². The van der Waals surface area contributed by atoms with E-state index in [1.165, 1.54) is 13.2 Å². The molecule has 36 heavy (non-hydrogen) atoms. The molecule has 10 nitrogen and oxygen atoms in total. The van der Waals surface area contributed by atoms with Gasteiger partial charge in [0.2, 0.25) is 5.95 Å². The van der Waals surface area contributed by atoms with Gasteiger partial charge >= 0.3 is 17.9 Å². The normalized spacial score (nSPS) is 11.4. The summed E-state index contributed by atoms with van der Waals surface area (Å²) >= 11 is 0. The number of aryl methyl sites for hydroxylation is 2. The maximum absolute atomic E-state index is 12.5. The third kappa shape index (κ3) is 5.40. The Morgan fingerprint density at radius 1 is 1.11 bits per heavy atom. The average molecular weight is 503 g/mol. The number of halogens is 3. The Morgan fingerprint density at radius 2 is 1.89 bits per heavy atom. The molecule has 0 aliphatic heterocycles. The predicted molar refractivity (Wildman–Crippen MR) is 124 cm³/mol. The second-order valence-corrected chi connectivity index (χ2v) is 7.75. The minimum absolute atomic E-state index is 0.223. The average Bonchev–Trinajstić information content (AvgIpc) is 3.18. The van der Waals surface area contributed by atoms with E-state index >= 15 is 0 Å². The number of H-pyrrole nitrogens is 1. The van der Waals surface area contributed by atoms with Crippen molar-refractivity contribution in [1.29, 1.82) is 0 Å². The Labute approximate surface area is 201 Å². The van der Waals surface area contributed by atoms with E-state index in [0.717, 1.165) is 5.56 Å². The molecule has 4 aromatic rings. The number of nitrogens with zero attached hydrogens (tertiary/aromatic N) is 2. The highest BCUT2D eigenvalue weighted by Gasteiger charge is 2.41. The lowest BCUT2D eigenvalue weighted by Crippen LogP contribution is -2.25. The molecule has 0 saturated carbocycles. The maximum atomic E-state index is 12.5. The number of ether oxygens (including phenoxy) is 2. The van der Waals surface area contributed by atoms with Crippen molar-refractivity contribution in [1.82, 2.24) is 15.0 Å². The Morgan fingerprint density at radius 3 is 2.61 bits per heavy atom. The SMILES string of the molecule is COc1cc(Nc2ncc(C)c(Nc3ccc4oc(=O)[nH]c4c3)n2)cc(C)c1COC(=O)C(F)(F)F. The fourth-order valence-corrected chi connectivity index (χ4v) is 3.37. The topological polar surface area (TPSA) is 131 Å². The molecule has 0 atom stereocenters. The van der Waals surface area contributed by atoms with Crippen LogP contribution < -0.4 is 21.1 Å². The molecular formula is C23H20F3N5O5. The van der Waals surface area contributed by atoms with Gasteiger partial charge in [-0.15, -0.1) is 0 Å². The molecule has 0 radical (unpaired) electrons. The smallest absolute Gasteiger partial charge is 0.490 e. The highest BCUT2D eigenvalue weighted by molar-refractivity contribution is 5.78. The molecular weight excluding hydrogens is 483 g/mol. The summed E-state index contributed by atoms with van der Waals surface area (Å²) in [7, 11) is 1.35. The van der Waals surface area contributed by atoms with Crippen molar-refractivity contribution in [2.45, 2.75) is 26.6 Å². The zero-order valence-corrected chi connectivity index (χ0v) is 19.2. The molecule has 2 aromatic heterocycles. The molecule has 2 heterocycles. The number of carbonyl (C=O) groups is 1. The highest BCUT2D eigenvalue weighted by atomic mass is 19.4. The third-order valence-electron chi connectivity index (χ3n) is 5.14. The summed E-state index contributed by atoms with van der Waals surface area (Å²) in [4.78, 5) is 33.8. The maximum Gasteiger partial charge on any atom is 0.490 e. The number of carbonyl (C=O) groups excluding carboxylic acids is 1. The minimum Gasteiger partial charge on any atom is -0.496 e. The van der Waals surface area contributed by atoms with Crippen LogP contribution in [-0.2, 0) is 16.1 Å². The van der Waals surface area contributed by atoms with Gasteiger partial charge in [-0.1, -0.05) is 0 Å². The number of benzene rings is 2. The lowest BCUT2D eigenvalue weighted by atomic mass is 10.1. The number of fused-ring (bicyclic) bond motifs is 1. The largest absolute Gasteiger partial charge is 0.496 e. The number of nitrogens with one attached hydrogen (secondary N) is 3. The van der Waals surface area contributed by atoms with E-state index in [1.807, 2.05) is 6.92 Å². The number of oxazole rings is 1. The van der Waals surface area contributed by atoms with Gasteiger partial charge in [-0.25, -0.2) is 14.6 Å². The Kier molecular flexibility index (Phi) is 6.55. The standard InChI is InChI=1S/C23H20F3N5O5/c1-11-6-14(8-18(34-3)15(11)10-35-20(32)23(24,25)26)29-21-27-9-12(2)19(31-21)28-13-4-5-17-16(7-13)30-22(33)36-17/h4-9H,10H2,1-3H3,(H,30,33)(H2,27,28,29,31). The summed E-state index contributed by atoms with van der Waals surface area (Å²) in [6, 6.07) is 8.25. The molecule has 0 fully saturated rings. The van der Waals surface area contributed by atoms with Crippen LogP contribution >= 0.6 is 0 Å². The van der Waals surface area contributed by atoms with Crippen molar-refractivity contribution in [3.05, 3.63) is 63.8 Å². The zero-order chi connectivity index (χ0) is 26.0. The number of esters is 1. The van der Waals surface area contributed by atoms with E-state index in [2.05, 4.69) is 30.3 Å². The number of hydrogen-bond donors (Lipinski definition) is 3. The first-order valence-electron chi connectivity index (χ1n) is 10.5. The number of aromatic amines is 1. The highest BCUT2D eigenvalue weighted by Crippen LogP contribution is 2.30. The van der Waals surface area contributed by atoms with Gasteiger partial charge in [-0.2, -0.15) is 18.2 Å². The van der Waals surface area contributed by atoms with Crippen LogP contribution in [0.1, 0.15) is 16.7 Å². The van der Waals surface area contributed by atoms with Gasteiger partial charge in [0.25, 0.3) is 0 Å². The van der Waals surface area contributed by atoms with Crippen molar-refractivity contribution in [3.8, 4) is 5.75 Å². The van der Waals surface area contributed by atoms with Crippen LogP contribution in [0.2, 0.25) is 0 Å². The van der Waals surface area contributed by atoms with Crippen LogP contribution in [0, 0.1) is 13.8 Å². The monoisotopic (exact) mass is 503 g/mol. The van der Waals surface area contributed by atoms with E-state index < -0.39 is 24.5 Å². The summed E-state index contributed by atoms with van der Waals surface area (Å²) in [5.41, 5.74) is 3.68. The van der Waals surface area contributed by atoms with Crippen LogP contribution in [0.4, 0.5) is 36.3 Å². The minimum atomic E-state index is -5.08. The van der Waals surface area contributed by atoms with Crippen LogP contribution in [0.25, 0.3) is 11.1 Å². The molecule has 0 unspecified atom stereocenters. The van der Waals surface area contributed by atoms with Gasteiger partial charge in [0.1, 0.15) is 18.2 Å². The Hall–Kier alpha value is -4.55. The van der Waals surface area contributed by atoms with Crippen LogP contribution in [0.15, 0.2) is 45.7 Å². The van der Waals surface area contributed by atoms with Crippen LogP contribution in [0.5, 0.6) is 5.75 Å². The molecule has 0 saturated heterocycles. The number of rotatable bonds is 7. The van der Waals surface area contributed by atoms with E-state index in [-0.39, 0.29) is 11.7 Å². The Bertz CT molecular complexity index is 1500. The molecule has 13 heteroatoms. The van der Waals surface area contributed by atoms with Crippen LogP contribution in [0.3, 0.4) is 0 Å². The van der Waals surface area contributed by atoms with Gasteiger partial charge in [-0.3, -0.25) is 4.98 Å². The van der Waals surface area contributed by atoms with E-state index in [9.17, 15) is 22.8 Å². The summed E-state index contributed by atoms with van der Waals surface area (Å²) in [5, 5.41) is 6.19. The molecule has 188 valence electrons. The van der Waals surface area contributed by atoms with Crippen molar-refractivity contribution in [3.63, 3.8) is 0 Å². The van der Waals surface area contributed by atoms with Crippen molar-refractivity contribution in [2.24, 2.45) is 0 Å². The van der Waals surface area contributed by atoms with E-state index in [4.69, 9.17) is 9.15 Å². The summed E-state index contributed by atoms with van der Waals surface area (Å²) in [6.45, 7) is 2.85. The first-order valence-corrected chi connectivity index (χ1v) is 10.5. The number of alkyl halides is 3. The van der Waals surface area contributed by atoms with Gasteiger partial charge in [0.15, 0.2) is 5.58 Å². The molecule has 0 aliphatic carbocycles. The fourth-order valence-electron chi connectivity index (χ4n) is 3.37. The summed E-state index contributed by atoms with van der Waals surface area (Å²) in [5.74, 6) is -1.88. The first kappa shape index (κ1) is 24.6. The molecule has 0 spiro atoms. The van der Waals surface area contributed by atoms with Gasteiger partial charge in [-0.05, 0) is 43.7 Å². The second kappa shape index (κ2) is 9.60. The lowest BCUT2D eigenvalue weighted by Gasteiger charge is -2.16. The zero-order valence-electron chi connectivity index (χ0n) is 19.2. The quantitative estimate of drug-likeness (QED) is 0.309. The molecule has 3 N–H and O–H groups in total. The van der Waals surface area contributed by atoms with E-state index in [1.54, 1.807) is 37.4 Å².